The minimum Gasteiger partial charge on any atom is -1.00 e. The number of fused-ring (bicyclic) bond motifs is 4. The molecule has 1 N–H and O–H groups in total. The van der Waals surface area contributed by atoms with Gasteiger partial charge >= 0.3 is 5.97 Å². The van der Waals surface area contributed by atoms with Crippen LogP contribution in [0.4, 0.5) is 0 Å². The highest BCUT2D eigenvalue weighted by Crippen LogP contribution is 2.30. The second-order valence-electron chi connectivity index (χ2n) is 5.97. The number of ether oxygens (including phenoxy) is 2. The molecular formula is C18H19ClN2O3. The Morgan fingerprint density at radius 2 is 2.04 bits per heavy atom. The molecule has 0 amide bonds. The third kappa shape index (κ3) is 2.69. The first-order chi connectivity index (χ1) is 11.2. The number of aromatic amines is 1. The van der Waals surface area contributed by atoms with E-state index in [1.807, 2.05) is 18.2 Å². The number of aromatic nitrogens is 1. The summed E-state index contributed by atoms with van der Waals surface area (Å²) in [5.74, 6) is 1.33. The minimum absolute atomic E-state index is 0. The molecule has 4 rings (SSSR count). The number of nitrogens with zero attached hydrogens (tertiary/aromatic N) is 1. The van der Waals surface area contributed by atoms with Crippen LogP contribution in [0.1, 0.15) is 24.6 Å². The van der Waals surface area contributed by atoms with Crippen molar-refractivity contribution in [3.8, 4) is 5.75 Å². The number of allylic oxidation sites excluding steroid dienone is 1. The largest absolute Gasteiger partial charge is 1.00 e. The number of methoxy groups -OCH3 is 1. The molecule has 2 aliphatic rings. The van der Waals surface area contributed by atoms with Gasteiger partial charge in [0.05, 0.1) is 25.1 Å². The molecule has 1 aromatic carbocycles. The van der Waals surface area contributed by atoms with E-state index in [2.05, 4.69) is 15.6 Å². The Hall–Kier alpha value is -2.27. The van der Waals surface area contributed by atoms with E-state index in [0.717, 1.165) is 54.4 Å². The predicted molar refractivity (Wildman–Crippen MR) is 87.1 cm³/mol. The van der Waals surface area contributed by atoms with Crippen LogP contribution >= 0.6 is 0 Å². The summed E-state index contributed by atoms with van der Waals surface area (Å²) in [6, 6.07) is 6.13. The maximum absolute atomic E-state index is 11.2. The van der Waals surface area contributed by atoms with E-state index in [9.17, 15) is 4.79 Å². The third-order valence-electron chi connectivity index (χ3n) is 4.54. The van der Waals surface area contributed by atoms with Gasteiger partial charge in [-0.3, -0.25) is 4.79 Å². The van der Waals surface area contributed by atoms with Crippen LogP contribution < -0.4 is 17.1 Å². The van der Waals surface area contributed by atoms with Gasteiger partial charge in [0, 0.05) is 24.8 Å². The summed E-state index contributed by atoms with van der Waals surface area (Å²) < 4.78 is 13.0. The standard InChI is InChI=1S/C18H18N2O3.ClH/c1-11(21)23-13-5-7-20-8-6-15-14-4-3-12(22-2)9-16(14)19-18(15)17(20)10-13;/h3-4,9-10H,5-8H2,1-2H3;1H. The van der Waals surface area contributed by atoms with Crippen LogP contribution in [-0.4, -0.2) is 41.4 Å². The molecule has 0 atom stereocenters. The van der Waals surface area contributed by atoms with Crippen LogP contribution in [0.15, 0.2) is 30.0 Å². The van der Waals surface area contributed by atoms with Gasteiger partial charge in [-0.1, -0.05) is 0 Å². The Morgan fingerprint density at radius 1 is 1.25 bits per heavy atom. The first-order valence-electron chi connectivity index (χ1n) is 7.85. The van der Waals surface area contributed by atoms with Crippen LogP contribution in [0, 0.1) is 0 Å². The number of benzene rings is 1. The van der Waals surface area contributed by atoms with Gasteiger partial charge in [-0.05, 0) is 17.7 Å². The van der Waals surface area contributed by atoms with E-state index < -0.39 is 0 Å². The summed E-state index contributed by atoms with van der Waals surface area (Å²) in [7, 11) is 1.68. The molecule has 2 aliphatic heterocycles. The fourth-order valence-electron chi connectivity index (χ4n) is 3.50. The van der Waals surface area contributed by atoms with Crippen molar-refractivity contribution in [2.45, 2.75) is 19.8 Å². The van der Waals surface area contributed by atoms with E-state index in [1.54, 1.807) is 7.11 Å². The summed E-state index contributed by atoms with van der Waals surface area (Å²) in [6.45, 7) is 3.32. The molecule has 0 aliphatic carbocycles. The van der Waals surface area contributed by atoms with Gasteiger partial charge in [0.15, 0.2) is 6.54 Å². The summed E-state index contributed by atoms with van der Waals surface area (Å²) in [5, 5.41) is 1.24. The lowest BCUT2D eigenvalue weighted by Crippen LogP contribution is -3.00. The molecule has 0 saturated heterocycles. The van der Waals surface area contributed by atoms with Crippen LogP contribution in [0.5, 0.6) is 5.75 Å². The second-order valence-corrected chi connectivity index (χ2v) is 5.97. The smallest absolute Gasteiger partial charge is 0.307 e. The normalized spacial score (nSPS) is 16.0. The number of carbonyl (C=O) groups excluding carboxylic acids is 1. The van der Waals surface area contributed by atoms with E-state index in [4.69, 9.17) is 9.47 Å². The average Bonchev–Trinajstić information content (AvgIpc) is 2.92. The van der Waals surface area contributed by atoms with Gasteiger partial charge in [0.25, 0.3) is 0 Å². The zero-order chi connectivity index (χ0) is 16.0. The zero-order valence-electron chi connectivity index (χ0n) is 13.7. The molecule has 0 fully saturated rings. The summed E-state index contributed by atoms with van der Waals surface area (Å²) >= 11 is 0. The molecule has 5 nitrogen and oxygen atoms in total. The van der Waals surface area contributed by atoms with Gasteiger partial charge in [0.1, 0.15) is 23.7 Å². The molecule has 0 radical (unpaired) electrons. The number of hydrogen-bond donors (Lipinski definition) is 1. The SMILES string of the molecule is COc1ccc2c3c([nH]c2c1)C1=[N+](CCC(OC(C)=O)=C1)CC3.[Cl-]. The molecule has 24 heavy (non-hydrogen) atoms. The summed E-state index contributed by atoms with van der Waals surface area (Å²) in [5.41, 5.74) is 4.65. The Kier molecular flexibility index (Phi) is 4.37. The third-order valence-corrected chi connectivity index (χ3v) is 4.54. The van der Waals surface area contributed by atoms with Gasteiger partial charge < -0.3 is 26.9 Å². The van der Waals surface area contributed by atoms with Crippen molar-refractivity contribution in [2.75, 3.05) is 20.2 Å². The number of nitrogens with one attached hydrogen (secondary N) is 1. The number of rotatable bonds is 2. The number of halogens is 1. The Morgan fingerprint density at radius 3 is 2.79 bits per heavy atom. The van der Waals surface area contributed by atoms with Crippen LogP contribution in [0.25, 0.3) is 10.9 Å². The highest BCUT2D eigenvalue weighted by Gasteiger charge is 2.31. The van der Waals surface area contributed by atoms with E-state index in [-0.39, 0.29) is 18.4 Å². The maximum atomic E-state index is 11.2. The molecular weight excluding hydrogens is 328 g/mol. The monoisotopic (exact) mass is 346 g/mol. The minimum atomic E-state index is -0.261. The Bertz CT molecular complexity index is 880. The second kappa shape index (κ2) is 6.32. The van der Waals surface area contributed by atoms with Crippen LogP contribution in [0.3, 0.4) is 0 Å². The molecule has 0 unspecified atom stereocenters. The highest BCUT2D eigenvalue weighted by molar-refractivity contribution is 6.10. The lowest BCUT2D eigenvalue weighted by atomic mass is 9.98. The van der Waals surface area contributed by atoms with E-state index in [0.29, 0.717) is 0 Å². The van der Waals surface area contributed by atoms with Crippen LogP contribution in [0.2, 0.25) is 0 Å². The summed E-state index contributed by atoms with van der Waals surface area (Å²) in [6.07, 6.45) is 3.78. The Balaban J connectivity index is 0.00000169. The van der Waals surface area contributed by atoms with Gasteiger partial charge in [0.2, 0.25) is 5.71 Å². The number of H-pyrrole nitrogens is 1. The lowest BCUT2D eigenvalue weighted by molar-refractivity contribution is -0.529. The number of carbonyl (C=O) groups is 1. The topological polar surface area (TPSA) is 54.3 Å². The molecule has 126 valence electrons. The van der Waals surface area contributed by atoms with Crippen molar-refractivity contribution >= 4 is 22.6 Å². The molecule has 0 saturated carbocycles. The first-order valence-corrected chi connectivity index (χ1v) is 7.85. The molecule has 6 heteroatoms. The van der Waals surface area contributed by atoms with Gasteiger partial charge in [-0.25, -0.2) is 4.58 Å². The molecule has 3 heterocycles. The van der Waals surface area contributed by atoms with Crippen molar-refractivity contribution < 1.29 is 31.3 Å². The van der Waals surface area contributed by atoms with E-state index in [1.165, 1.54) is 17.9 Å². The fourth-order valence-corrected chi connectivity index (χ4v) is 3.50. The molecule has 2 aromatic rings. The van der Waals surface area contributed by atoms with Crippen LogP contribution in [-0.2, 0) is 16.0 Å². The quantitative estimate of drug-likeness (QED) is 0.583. The van der Waals surface area contributed by atoms with Crippen molar-refractivity contribution in [2.24, 2.45) is 0 Å². The first kappa shape index (κ1) is 16.6. The zero-order valence-corrected chi connectivity index (χ0v) is 14.4. The lowest BCUT2D eigenvalue weighted by Gasteiger charge is -2.19. The fraction of sp³-hybridized carbons (Fsp3) is 0.333. The molecule has 0 spiro atoms. The molecule has 1 aromatic heterocycles. The van der Waals surface area contributed by atoms with E-state index >= 15 is 0 Å². The number of esters is 1. The predicted octanol–water partition coefficient (Wildman–Crippen LogP) is -0.611. The van der Waals surface area contributed by atoms with Crippen molar-refractivity contribution in [3.63, 3.8) is 0 Å². The van der Waals surface area contributed by atoms with Crippen molar-refractivity contribution in [3.05, 3.63) is 41.3 Å². The van der Waals surface area contributed by atoms with Crippen molar-refractivity contribution in [1.29, 1.82) is 0 Å². The van der Waals surface area contributed by atoms with Gasteiger partial charge in [-0.2, -0.15) is 0 Å². The van der Waals surface area contributed by atoms with Gasteiger partial charge in [-0.15, -0.1) is 0 Å². The molecule has 0 bridgehead atoms. The Labute approximate surface area is 146 Å². The maximum Gasteiger partial charge on any atom is 0.307 e. The average molecular weight is 347 g/mol. The number of hydrogen-bond acceptors (Lipinski definition) is 3. The highest BCUT2D eigenvalue weighted by atomic mass is 35.5. The summed E-state index contributed by atoms with van der Waals surface area (Å²) in [4.78, 5) is 14.7. The van der Waals surface area contributed by atoms with Crippen molar-refractivity contribution in [1.82, 2.24) is 4.98 Å².